The number of benzene rings is 1. The summed E-state index contributed by atoms with van der Waals surface area (Å²) in [6.45, 7) is 8.07. The van der Waals surface area contributed by atoms with E-state index in [4.69, 9.17) is 0 Å². The molecule has 2 rings (SSSR count). The molecule has 0 fully saturated rings. The lowest BCUT2D eigenvalue weighted by Crippen LogP contribution is -2.27. The molecule has 3 N–H and O–H groups in total. The van der Waals surface area contributed by atoms with Crippen LogP contribution in [0.3, 0.4) is 0 Å². The molecule has 0 saturated carbocycles. The van der Waals surface area contributed by atoms with E-state index in [0.29, 0.717) is 0 Å². The van der Waals surface area contributed by atoms with E-state index >= 15 is 0 Å². The van der Waals surface area contributed by atoms with Crippen molar-refractivity contribution in [2.45, 2.75) is 26.2 Å². The summed E-state index contributed by atoms with van der Waals surface area (Å²) >= 11 is 0. The van der Waals surface area contributed by atoms with Crippen LogP contribution in [0.25, 0.3) is 10.9 Å². The fourth-order valence-corrected chi connectivity index (χ4v) is 2.17. The van der Waals surface area contributed by atoms with Crippen molar-refractivity contribution in [3.63, 3.8) is 0 Å². The zero-order chi connectivity index (χ0) is 13.5. The molecule has 2 aromatic rings. The third-order valence-electron chi connectivity index (χ3n) is 3.28. The largest absolute Gasteiger partial charge is 0.372 e. The molecule has 1 aromatic heterocycles. The number of fused-ring (bicyclic) bond motifs is 1. The van der Waals surface area contributed by atoms with Crippen molar-refractivity contribution >= 4 is 10.9 Å². The Bertz CT molecular complexity index is 528. The Morgan fingerprint density at radius 1 is 1.21 bits per heavy atom. The minimum atomic E-state index is 0.903. The maximum Gasteiger partial charge on any atom is 0.0912 e. The lowest BCUT2D eigenvalue weighted by Gasteiger charge is -2.11. The molecule has 0 aliphatic rings. The second kappa shape index (κ2) is 6.88. The Hall–Kier alpha value is -1.90. The lowest BCUT2D eigenvalue weighted by molar-refractivity contribution is 0.649. The molecule has 3 heteroatoms. The first-order chi connectivity index (χ1) is 9.31. The summed E-state index contributed by atoms with van der Waals surface area (Å²) in [6, 6.07) is 8.41. The summed E-state index contributed by atoms with van der Waals surface area (Å²) < 4.78 is 0. The average Bonchev–Trinajstić information content (AvgIpc) is 2.83. The van der Waals surface area contributed by atoms with Gasteiger partial charge in [0, 0.05) is 30.2 Å². The first-order valence-electron chi connectivity index (χ1n) is 7.03. The van der Waals surface area contributed by atoms with E-state index in [0.717, 1.165) is 25.3 Å². The minimum Gasteiger partial charge on any atom is -0.372 e. The van der Waals surface area contributed by atoms with Gasteiger partial charge in [-0.15, -0.1) is 0 Å². The van der Waals surface area contributed by atoms with Gasteiger partial charge >= 0.3 is 0 Å². The van der Waals surface area contributed by atoms with Crippen LogP contribution in [0.4, 0.5) is 0 Å². The Balaban J connectivity index is 1.78. The van der Waals surface area contributed by atoms with Crippen LogP contribution in [0.15, 0.2) is 42.9 Å². The second-order valence-electron chi connectivity index (χ2n) is 4.80. The van der Waals surface area contributed by atoms with Crippen molar-refractivity contribution in [1.29, 1.82) is 0 Å². The molecular formula is C16H23N3. The highest BCUT2D eigenvalue weighted by molar-refractivity contribution is 5.83. The molecule has 102 valence electrons. The highest BCUT2D eigenvalue weighted by atomic mass is 15.1. The summed E-state index contributed by atoms with van der Waals surface area (Å²) in [5.41, 5.74) is 2.56. The quantitative estimate of drug-likeness (QED) is 0.636. The SMILES string of the molecule is C=C(NCCCC)NCCc1c[nH]c2ccccc12. The highest BCUT2D eigenvalue weighted by Gasteiger charge is 2.02. The normalized spacial score (nSPS) is 10.6. The summed E-state index contributed by atoms with van der Waals surface area (Å²) in [5.74, 6) is 0.924. The van der Waals surface area contributed by atoms with E-state index in [-0.39, 0.29) is 0 Å². The first-order valence-corrected chi connectivity index (χ1v) is 7.03. The van der Waals surface area contributed by atoms with Crippen LogP contribution in [-0.2, 0) is 6.42 Å². The van der Waals surface area contributed by atoms with E-state index in [9.17, 15) is 0 Å². The van der Waals surface area contributed by atoms with Crippen molar-refractivity contribution in [1.82, 2.24) is 15.6 Å². The van der Waals surface area contributed by atoms with Crippen LogP contribution in [0, 0.1) is 0 Å². The average molecular weight is 257 g/mol. The third-order valence-corrected chi connectivity index (χ3v) is 3.28. The Morgan fingerprint density at radius 3 is 2.84 bits per heavy atom. The summed E-state index contributed by atoms with van der Waals surface area (Å²) in [7, 11) is 0. The number of hydrogen-bond donors (Lipinski definition) is 3. The van der Waals surface area contributed by atoms with Gasteiger partial charge in [-0.1, -0.05) is 38.1 Å². The van der Waals surface area contributed by atoms with Gasteiger partial charge in [0.25, 0.3) is 0 Å². The molecule has 0 amide bonds. The van der Waals surface area contributed by atoms with Crippen LogP contribution in [-0.4, -0.2) is 18.1 Å². The van der Waals surface area contributed by atoms with Crippen LogP contribution >= 0.6 is 0 Å². The fraction of sp³-hybridized carbons (Fsp3) is 0.375. The topological polar surface area (TPSA) is 39.8 Å². The Kier molecular flexibility index (Phi) is 4.90. The maximum absolute atomic E-state index is 3.98. The molecule has 0 spiro atoms. The Labute approximate surface area is 115 Å². The van der Waals surface area contributed by atoms with Gasteiger partial charge < -0.3 is 15.6 Å². The van der Waals surface area contributed by atoms with Crippen molar-refractivity contribution in [3.8, 4) is 0 Å². The standard InChI is InChI=1S/C16H23N3/c1-3-4-10-17-13(2)18-11-9-14-12-19-16-8-6-5-7-15(14)16/h5-8,12,17-19H,2-4,9-11H2,1H3. The van der Waals surface area contributed by atoms with Crippen LogP contribution in [0.1, 0.15) is 25.3 Å². The molecule has 0 saturated heterocycles. The highest BCUT2D eigenvalue weighted by Crippen LogP contribution is 2.17. The molecular weight excluding hydrogens is 234 g/mol. The number of H-pyrrole nitrogens is 1. The number of unbranched alkanes of at least 4 members (excludes halogenated alkanes) is 1. The molecule has 3 nitrogen and oxygen atoms in total. The summed E-state index contributed by atoms with van der Waals surface area (Å²) in [6.07, 6.45) is 5.48. The molecule has 0 radical (unpaired) electrons. The van der Waals surface area contributed by atoms with E-state index in [1.54, 1.807) is 0 Å². The maximum atomic E-state index is 3.98. The van der Waals surface area contributed by atoms with Crippen molar-refractivity contribution in [2.24, 2.45) is 0 Å². The van der Waals surface area contributed by atoms with Gasteiger partial charge in [-0.2, -0.15) is 0 Å². The molecule has 1 heterocycles. The zero-order valence-electron chi connectivity index (χ0n) is 11.6. The van der Waals surface area contributed by atoms with Crippen LogP contribution in [0.2, 0.25) is 0 Å². The number of rotatable bonds is 8. The molecule has 0 unspecified atom stereocenters. The fourth-order valence-electron chi connectivity index (χ4n) is 2.17. The number of para-hydroxylation sites is 1. The van der Waals surface area contributed by atoms with Gasteiger partial charge in [0.1, 0.15) is 0 Å². The predicted octanol–water partition coefficient (Wildman–Crippen LogP) is 3.16. The molecule has 19 heavy (non-hydrogen) atoms. The van der Waals surface area contributed by atoms with E-state index in [2.05, 4.69) is 59.6 Å². The molecule has 1 aromatic carbocycles. The minimum absolute atomic E-state index is 0.903. The van der Waals surface area contributed by atoms with Gasteiger partial charge in [0.15, 0.2) is 0 Å². The second-order valence-corrected chi connectivity index (χ2v) is 4.80. The number of nitrogens with one attached hydrogen (secondary N) is 3. The lowest BCUT2D eigenvalue weighted by atomic mass is 10.1. The third kappa shape index (κ3) is 3.78. The van der Waals surface area contributed by atoms with Gasteiger partial charge in [-0.25, -0.2) is 0 Å². The van der Waals surface area contributed by atoms with E-state index < -0.39 is 0 Å². The predicted molar refractivity (Wildman–Crippen MR) is 82.1 cm³/mol. The van der Waals surface area contributed by atoms with Crippen molar-refractivity contribution in [3.05, 3.63) is 48.4 Å². The van der Waals surface area contributed by atoms with Gasteiger partial charge in [0.05, 0.1) is 5.82 Å². The number of aromatic amines is 1. The number of aromatic nitrogens is 1. The summed E-state index contributed by atoms with van der Waals surface area (Å²) in [4.78, 5) is 3.30. The monoisotopic (exact) mass is 257 g/mol. The number of hydrogen-bond acceptors (Lipinski definition) is 2. The summed E-state index contributed by atoms with van der Waals surface area (Å²) in [5, 5.41) is 7.93. The van der Waals surface area contributed by atoms with Gasteiger partial charge in [-0.3, -0.25) is 0 Å². The smallest absolute Gasteiger partial charge is 0.0912 e. The zero-order valence-corrected chi connectivity index (χ0v) is 11.6. The molecule has 0 aliphatic heterocycles. The van der Waals surface area contributed by atoms with Crippen molar-refractivity contribution in [2.75, 3.05) is 13.1 Å². The molecule has 0 aliphatic carbocycles. The molecule has 0 bridgehead atoms. The van der Waals surface area contributed by atoms with E-state index in [1.165, 1.54) is 29.3 Å². The first kappa shape index (κ1) is 13.5. The van der Waals surface area contributed by atoms with E-state index in [1.807, 2.05) is 0 Å². The molecule has 0 atom stereocenters. The van der Waals surface area contributed by atoms with Crippen LogP contribution < -0.4 is 10.6 Å². The van der Waals surface area contributed by atoms with Crippen LogP contribution in [0.5, 0.6) is 0 Å². The van der Waals surface area contributed by atoms with Gasteiger partial charge in [0.2, 0.25) is 0 Å². The van der Waals surface area contributed by atoms with Gasteiger partial charge in [-0.05, 0) is 24.5 Å². The van der Waals surface area contributed by atoms with Crippen molar-refractivity contribution < 1.29 is 0 Å². The Morgan fingerprint density at radius 2 is 2.00 bits per heavy atom.